The van der Waals surface area contributed by atoms with Crippen LogP contribution in [0.4, 0.5) is 0 Å². The molecule has 1 atom stereocenters. The lowest BCUT2D eigenvalue weighted by Crippen LogP contribution is -2.40. The summed E-state index contributed by atoms with van der Waals surface area (Å²) in [5, 5.41) is 4.48. The Labute approximate surface area is 141 Å². The smallest absolute Gasteiger partial charge is 0.323 e. The molecule has 0 amide bonds. The zero-order valence-corrected chi connectivity index (χ0v) is 13.8. The molecule has 0 aliphatic carbocycles. The van der Waals surface area contributed by atoms with Gasteiger partial charge in [0, 0.05) is 23.5 Å². The van der Waals surface area contributed by atoms with Gasteiger partial charge in [-0.15, -0.1) is 0 Å². The van der Waals surface area contributed by atoms with Crippen LogP contribution < -0.4 is 5.32 Å². The number of nitrogens with one attached hydrogen (secondary N) is 2. The fraction of sp³-hybridized carbons (Fsp3) is 0.250. The van der Waals surface area contributed by atoms with E-state index in [1.54, 1.807) is 0 Å². The number of rotatable bonds is 7. The molecule has 1 heterocycles. The Kier molecular flexibility index (Phi) is 5.29. The number of fused-ring (bicyclic) bond motifs is 1. The van der Waals surface area contributed by atoms with Gasteiger partial charge in [-0.3, -0.25) is 4.79 Å². The van der Waals surface area contributed by atoms with E-state index in [2.05, 4.69) is 28.5 Å². The van der Waals surface area contributed by atoms with Crippen LogP contribution in [0.3, 0.4) is 0 Å². The third kappa shape index (κ3) is 3.84. The van der Waals surface area contributed by atoms with Crippen LogP contribution >= 0.6 is 0 Å². The molecule has 24 heavy (non-hydrogen) atoms. The molecule has 0 saturated heterocycles. The van der Waals surface area contributed by atoms with Crippen molar-refractivity contribution in [3.05, 3.63) is 71.9 Å². The lowest BCUT2D eigenvalue weighted by atomic mass is 10.0. The van der Waals surface area contributed by atoms with Crippen LogP contribution in [0.5, 0.6) is 0 Å². The number of hydrogen-bond donors (Lipinski definition) is 2. The molecular formula is C20H22N2O2. The van der Waals surface area contributed by atoms with Crippen molar-refractivity contribution in [3.8, 4) is 0 Å². The number of aromatic nitrogens is 1. The predicted octanol–water partition coefficient (Wildman–Crippen LogP) is 3.08. The van der Waals surface area contributed by atoms with E-state index in [4.69, 9.17) is 4.74 Å². The lowest BCUT2D eigenvalue weighted by molar-refractivity contribution is -0.143. The Bertz CT molecular complexity index is 796. The quantitative estimate of drug-likeness (QED) is 0.657. The largest absolute Gasteiger partial charge is 0.468 e. The average molecular weight is 322 g/mol. The van der Waals surface area contributed by atoms with Crippen molar-refractivity contribution < 1.29 is 9.53 Å². The fourth-order valence-corrected chi connectivity index (χ4v) is 2.94. The van der Waals surface area contributed by atoms with E-state index in [9.17, 15) is 4.79 Å². The molecule has 0 unspecified atom stereocenters. The first-order valence-electron chi connectivity index (χ1n) is 8.18. The van der Waals surface area contributed by atoms with E-state index < -0.39 is 0 Å². The normalized spacial score (nSPS) is 12.2. The Morgan fingerprint density at radius 3 is 2.67 bits per heavy atom. The summed E-state index contributed by atoms with van der Waals surface area (Å²) in [5.41, 5.74) is 3.45. The number of carbonyl (C=O) groups excluding carboxylic acids is 1. The molecule has 0 bridgehead atoms. The number of para-hydroxylation sites is 1. The molecule has 1 aromatic heterocycles. The maximum atomic E-state index is 12.1. The fourth-order valence-electron chi connectivity index (χ4n) is 2.94. The monoisotopic (exact) mass is 322 g/mol. The highest BCUT2D eigenvalue weighted by Gasteiger charge is 2.20. The zero-order chi connectivity index (χ0) is 16.8. The minimum absolute atomic E-state index is 0.228. The third-order valence-corrected chi connectivity index (χ3v) is 4.23. The second-order valence-electron chi connectivity index (χ2n) is 5.83. The van der Waals surface area contributed by atoms with Gasteiger partial charge in [-0.05, 0) is 30.2 Å². The van der Waals surface area contributed by atoms with Crippen LogP contribution in [-0.4, -0.2) is 30.6 Å². The van der Waals surface area contributed by atoms with Gasteiger partial charge < -0.3 is 15.0 Å². The number of benzene rings is 2. The first-order chi connectivity index (χ1) is 11.8. The molecule has 3 rings (SSSR count). The minimum Gasteiger partial charge on any atom is -0.468 e. The molecule has 2 N–H and O–H groups in total. The molecule has 0 aliphatic rings. The van der Waals surface area contributed by atoms with E-state index in [1.165, 1.54) is 12.7 Å². The molecule has 0 fully saturated rings. The van der Waals surface area contributed by atoms with Crippen molar-refractivity contribution in [2.45, 2.75) is 18.9 Å². The van der Waals surface area contributed by atoms with E-state index in [-0.39, 0.29) is 12.0 Å². The van der Waals surface area contributed by atoms with Crippen molar-refractivity contribution in [2.75, 3.05) is 13.7 Å². The summed E-state index contributed by atoms with van der Waals surface area (Å²) in [6, 6.07) is 18.0. The summed E-state index contributed by atoms with van der Waals surface area (Å²) in [6.45, 7) is 0.728. The van der Waals surface area contributed by atoms with Crippen LogP contribution in [0.15, 0.2) is 60.8 Å². The lowest BCUT2D eigenvalue weighted by Gasteiger charge is -2.16. The number of H-pyrrole nitrogens is 1. The van der Waals surface area contributed by atoms with Crippen molar-refractivity contribution >= 4 is 16.9 Å². The van der Waals surface area contributed by atoms with Gasteiger partial charge in [0.15, 0.2) is 0 Å². The summed E-state index contributed by atoms with van der Waals surface area (Å²) in [5.74, 6) is -0.228. The molecule has 0 spiro atoms. The first kappa shape index (κ1) is 16.3. The Morgan fingerprint density at radius 1 is 1.12 bits per heavy atom. The Morgan fingerprint density at radius 2 is 1.88 bits per heavy atom. The van der Waals surface area contributed by atoms with Gasteiger partial charge in [0.25, 0.3) is 0 Å². The maximum Gasteiger partial charge on any atom is 0.323 e. The van der Waals surface area contributed by atoms with Crippen LogP contribution in [-0.2, 0) is 22.4 Å². The number of hydrogen-bond acceptors (Lipinski definition) is 3. The van der Waals surface area contributed by atoms with Gasteiger partial charge in [-0.2, -0.15) is 0 Å². The van der Waals surface area contributed by atoms with Crippen LogP contribution in [0.2, 0.25) is 0 Å². The SMILES string of the molecule is COC(=O)[C@H](Cc1c[nH]c2ccccc12)NCCc1ccccc1. The van der Waals surface area contributed by atoms with Crippen molar-refractivity contribution in [1.29, 1.82) is 0 Å². The van der Waals surface area contributed by atoms with Crippen LogP contribution in [0, 0.1) is 0 Å². The molecule has 4 nitrogen and oxygen atoms in total. The van der Waals surface area contributed by atoms with Crippen LogP contribution in [0.1, 0.15) is 11.1 Å². The summed E-state index contributed by atoms with van der Waals surface area (Å²) in [4.78, 5) is 15.4. The standard InChI is InChI=1S/C20H22N2O2/c1-24-20(23)19(21-12-11-15-7-3-2-4-8-15)13-16-14-22-18-10-6-5-9-17(16)18/h2-10,14,19,21-22H,11-13H2,1H3/t19-/m0/s1. The van der Waals surface area contributed by atoms with E-state index >= 15 is 0 Å². The summed E-state index contributed by atoms with van der Waals surface area (Å²) < 4.78 is 4.96. The van der Waals surface area contributed by atoms with Crippen molar-refractivity contribution in [1.82, 2.24) is 10.3 Å². The van der Waals surface area contributed by atoms with Crippen molar-refractivity contribution in [2.24, 2.45) is 0 Å². The van der Waals surface area contributed by atoms with E-state index in [1.807, 2.05) is 42.6 Å². The third-order valence-electron chi connectivity index (χ3n) is 4.23. The molecule has 0 aliphatic heterocycles. The van der Waals surface area contributed by atoms with Gasteiger partial charge in [0.1, 0.15) is 6.04 Å². The number of esters is 1. The Hall–Kier alpha value is -2.59. The second-order valence-corrected chi connectivity index (χ2v) is 5.83. The number of ether oxygens (including phenoxy) is 1. The molecule has 124 valence electrons. The van der Waals surface area contributed by atoms with Gasteiger partial charge in [-0.1, -0.05) is 48.5 Å². The topological polar surface area (TPSA) is 54.1 Å². The average Bonchev–Trinajstić information content (AvgIpc) is 3.04. The van der Waals surface area contributed by atoms with Gasteiger partial charge in [-0.25, -0.2) is 0 Å². The second kappa shape index (κ2) is 7.79. The summed E-state index contributed by atoms with van der Waals surface area (Å²) in [6.07, 6.45) is 3.45. The highest BCUT2D eigenvalue weighted by molar-refractivity contribution is 5.84. The van der Waals surface area contributed by atoms with Gasteiger partial charge in [0.2, 0.25) is 0 Å². The minimum atomic E-state index is -0.349. The number of methoxy groups -OCH3 is 1. The van der Waals surface area contributed by atoms with Gasteiger partial charge >= 0.3 is 5.97 Å². The maximum absolute atomic E-state index is 12.1. The van der Waals surface area contributed by atoms with Gasteiger partial charge in [0.05, 0.1) is 7.11 Å². The molecular weight excluding hydrogens is 300 g/mol. The zero-order valence-electron chi connectivity index (χ0n) is 13.8. The first-order valence-corrected chi connectivity index (χ1v) is 8.18. The molecule has 2 aromatic carbocycles. The van der Waals surface area contributed by atoms with Crippen LogP contribution in [0.25, 0.3) is 10.9 Å². The van der Waals surface area contributed by atoms with E-state index in [0.717, 1.165) is 29.4 Å². The highest BCUT2D eigenvalue weighted by atomic mass is 16.5. The number of aromatic amines is 1. The number of carbonyl (C=O) groups is 1. The molecule has 0 saturated carbocycles. The summed E-state index contributed by atoms with van der Waals surface area (Å²) in [7, 11) is 1.43. The van der Waals surface area contributed by atoms with Crippen molar-refractivity contribution in [3.63, 3.8) is 0 Å². The molecule has 0 radical (unpaired) electrons. The Balaban J connectivity index is 1.66. The van der Waals surface area contributed by atoms with E-state index in [0.29, 0.717) is 6.42 Å². The highest BCUT2D eigenvalue weighted by Crippen LogP contribution is 2.19. The molecule has 3 aromatic rings. The molecule has 4 heteroatoms. The summed E-state index contributed by atoms with van der Waals surface area (Å²) >= 11 is 0. The predicted molar refractivity (Wildman–Crippen MR) is 96.0 cm³/mol.